The third-order valence-corrected chi connectivity index (χ3v) is 3.81. The van der Waals surface area contributed by atoms with Crippen molar-refractivity contribution in [3.8, 4) is 0 Å². The van der Waals surface area contributed by atoms with Gasteiger partial charge in [-0.1, -0.05) is 0 Å². The van der Waals surface area contributed by atoms with Crippen LogP contribution in [-0.4, -0.2) is 72.6 Å². The first-order valence-corrected chi connectivity index (χ1v) is 6.83. The van der Waals surface area contributed by atoms with Crippen molar-refractivity contribution in [2.45, 2.75) is 31.1 Å². The summed E-state index contributed by atoms with van der Waals surface area (Å²) in [5.41, 5.74) is 0. The molecule has 0 aliphatic carbocycles. The number of likely N-dealkylation sites (N-methyl/N-ethyl adjacent to an activating group) is 1. The molecule has 0 radical (unpaired) electrons. The Labute approximate surface area is 124 Å². The molecule has 0 saturated carbocycles. The summed E-state index contributed by atoms with van der Waals surface area (Å²) < 4.78 is 38.2. The fourth-order valence-electron chi connectivity index (χ4n) is 2.71. The predicted molar refractivity (Wildman–Crippen MR) is 68.7 cm³/mol. The van der Waals surface area contributed by atoms with E-state index >= 15 is 0 Å². The Balaban J connectivity index is 1.84. The Bertz CT molecular complexity index is 467. The maximum absolute atomic E-state index is 12.7. The first-order chi connectivity index (χ1) is 10.2. The molecule has 2 rings (SSSR count). The maximum Gasteiger partial charge on any atom is 0.404 e. The second-order valence-corrected chi connectivity index (χ2v) is 5.48. The molecule has 2 heterocycles. The number of likely N-dealkylation sites (tertiary alicyclic amines) is 1. The normalized spacial score (nSPS) is 27.0. The highest BCUT2D eigenvalue weighted by Gasteiger charge is 2.45. The molecule has 7 nitrogen and oxygen atoms in total. The van der Waals surface area contributed by atoms with Gasteiger partial charge in [-0.05, 0) is 19.9 Å². The number of nitrogens with one attached hydrogen (secondary N) is 2. The van der Waals surface area contributed by atoms with E-state index in [1.807, 2.05) is 0 Å². The average Bonchev–Trinajstić information content (AvgIpc) is 2.69. The molecule has 0 bridgehead atoms. The van der Waals surface area contributed by atoms with Crippen LogP contribution < -0.4 is 10.6 Å². The molecule has 10 heteroatoms. The summed E-state index contributed by atoms with van der Waals surface area (Å²) in [7, 11) is 1.36. The molecule has 0 aromatic carbocycles. The minimum absolute atomic E-state index is 0.0655. The van der Waals surface area contributed by atoms with Crippen molar-refractivity contribution in [1.29, 1.82) is 0 Å². The van der Waals surface area contributed by atoms with Gasteiger partial charge in [0.05, 0.1) is 6.54 Å². The zero-order valence-electron chi connectivity index (χ0n) is 11.9. The van der Waals surface area contributed by atoms with E-state index in [0.29, 0.717) is 0 Å². The standard InChI is InChI=1S/C12H17F3N4O3/c1-18-5-7(2-3-8(18)12(13,14)15)17-9(20)6-19-10(21)4-16-11(19)22/h7-8H,2-6H2,1H3,(H,16,22)(H,17,20)/t7-,8-/m0/s1. The maximum atomic E-state index is 12.7. The van der Waals surface area contributed by atoms with Crippen LogP contribution in [0.4, 0.5) is 18.0 Å². The smallest absolute Gasteiger partial charge is 0.351 e. The fourth-order valence-corrected chi connectivity index (χ4v) is 2.71. The van der Waals surface area contributed by atoms with Crippen LogP contribution in [0.5, 0.6) is 0 Å². The average molecular weight is 322 g/mol. The minimum Gasteiger partial charge on any atom is -0.351 e. The number of alkyl halides is 3. The number of rotatable bonds is 3. The van der Waals surface area contributed by atoms with E-state index in [1.165, 1.54) is 7.05 Å². The van der Waals surface area contributed by atoms with Crippen LogP contribution in [0, 0.1) is 0 Å². The number of amides is 4. The largest absolute Gasteiger partial charge is 0.404 e. The molecule has 0 spiro atoms. The van der Waals surface area contributed by atoms with Crippen LogP contribution >= 0.6 is 0 Å². The number of urea groups is 1. The second-order valence-electron chi connectivity index (χ2n) is 5.48. The van der Waals surface area contributed by atoms with Gasteiger partial charge in [-0.15, -0.1) is 0 Å². The summed E-state index contributed by atoms with van der Waals surface area (Å²) in [4.78, 5) is 36.4. The molecule has 4 amide bonds. The molecule has 2 N–H and O–H groups in total. The van der Waals surface area contributed by atoms with E-state index < -0.39 is 42.7 Å². The Morgan fingerprint density at radius 2 is 2.05 bits per heavy atom. The number of carbonyl (C=O) groups is 3. The minimum atomic E-state index is -4.29. The van der Waals surface area contributed by atoms with Gasteiger partial charge in [0.25, 0.3) is 5.91 Å². The second kappa shape index (κ2) is 6.11. The Kier molecular flexibility index (Phi) is 4.59. The molecule has 0 unspecified atom stereocenters. The van der Waals surface area contributed by atoms with Crippen molar-refractivity contribution in [1.82, 2.24) is 20.4 Å². The zero-order valence-corrected chi connectivity index (χ0v) is 11.9. The highest BCUT2D eigenvalue weighted by molar-refractivity contribution is 6.04. The predicted octanol–water partition coefficient (Wildman–Crippen LogP) is -0.320. The van der Waals surface area contributed by atoms with Gasteiger partial charge < -0.3 is 10.6 Å². The van der Waals surface area contributed by atoms with Crippen LogP contribution in [0.1, 0.15) is 12.8 Å². The first-order valence-electron chi connectivity index (χ1n) is 6.83. The number of imide groups is 1. The molecule has 0 aromatic rings. The van der Waals surface area contributed by atoms with Gasteiger partial charge in [0.2, 0.25) is 5.91 Å². The topological polar surface area (TPSA) is 81.8 Å². The summed E-state index contributed by atoms with van der Waals surface area (Å²) in [6, 6.07) is -2.58. The molecule has 2 saturated heterocycles. The third kappa shape index (κ3) is 3.67. The molecule has 2 aliphatic heterocycles. The van der Waals surface area contributed by atoms with Crippen molar-refractivity contribution in [3.05, 3.63) is 0 Å². The lowest BCUT2D eigenvalue weighted by molar-refractivity contribution is -0.188. The van der Waals surface area contributed by atoms with E-state index in [2.05, 4.69) is 10.6 Å². The SMILES string of the molecule is CN1C[C@@H](NC(=O)CN2C(=O)CNC2=O)CC[C@H]1C(F)(F)F. The lowest BCUT2D eigenvalue weighted by Crippen LogP contribution is -2.55. The number of nitrogens with zero attached hydrogens (tertiary/aromatic N) is 2. The number of hydrogen-bond donors (Lipinski definition) is 2. The molecular formula is C12H17F3N4O3. The van der Waals surface area contributed by atoms with E-state index in [0.717, 1.165) is 9.80 Å². The quantitative estimate of drug-likeness (QED) is 0.698. The molecular weight excluding hydrogens is 305 g/mol. The summed E-state index contributed by atoms with van der Waals surface area (Å²) >= 11 is 0. The van der Waals surface area contributed by atoms with Gasteiger partial charge in [-0.25, -0.2) is 4.79 Å². The Morgan fingerprint density at radius 3 is 2.55 bits per heavy atom. The summed E-state index contributed by atoms with van der Waals surface area (Å²) in [6.07, 6.45) is -4.20. The van der Waals surface area contributed by atoms with Crippen molar-refractivity contribution < 1.29 is 27.6 Å². The number of hydrogen-bond acceptors (Lipinski definition) is 4. The van der Waals surface area contributed by atoms with Gasteiger partial charge in [0.1, 0.15) is 12.6 Å². The van der Waals surface area contributed by atoms with E-state index in [4.69, 9.17) is 0 Å². The van der Waals surface area contributed by atoms with Crippen LogP contribution in [0.25, 0.3) is 0 Å². The molecule has 0 aromatic heterocycles. The van der Waals surface area contributed by atoms with Gasteiger partial charge >= 0.3 is 12.2 Å². The molecule has 2 atom stereocenters. The lowest BCUT2D eigenvalue weighted by atomic mass is 9.98. The van der Waals surface area contributed by atoms with Gasteiger partial charge in [-0.3, -0.25) is 19.4 Å². The third-order valence-electron chi connectivity index (χ3n) is 3.81. The van der Waals surface area contributed by atoms with E-state index in [-0.39, 0.29) is 25.9 Å². The molecule has 2 fully saturated rings. The van der Waals surface area contributed by atoms with Crippen LogP contribution in [0.3, 0.4) is 0 Å². The van der Waals surface area contributed by atoms with E-state index in [9.17, 15) is 27.6 Å². The zero-order chi connectivity index (χ0) is 16.5. The van der Waals surface area contributed by atoms with E-state index in [1.54, 1.807) is 0 Å². The van der Waals surface area contributed by atoms with Gasteiger partial charge in [-0.2, -0.15) is 13.2 Å². The van der Waals surface area contributed by atoms with Crippen molar-refractivity contribution in [3.63, 3.8) is 0 Å². The fraction of sp³-hybridized carbons (Fsp3) is 0.750. The summed E-state index contributed by atoms with van der Waals surface area (Å²) in [6.45, 7) is -0.505. The highest BCUT2D eigenvalue weighted by atomic mass is 19.4. The molecule has 124 valence electrons. The van der Waals surface area contributed by atoms with Crippen LogP contribution in [-0.2, 0) is 9.59 Å². The molecule has 22 heavy (non-hydrogen) atoms. The van der Waals surface area contributed by atoms with Crippen molar-refractivity contribution >= 4 is 17.8 Å². The number of carbonyl (C=O) groups excluding carboxylic acids is 3. The number of halogens is 3. The van der Waals surface area contributed by atoms with Crippen molar-refractivity contribution in [2.75, 3.05) is 26.7 Å². The first kappa shape index (κ1) is 16.5. The summed E-state index contributed by atoms with van der Waals surface area (Å²) in [5, 5.41) is 4.85. The molecule has 2 aliphatic rings. The highest BCUT2D eigenvalue weighted by Crippen LogP contribution is 2.30. The summed E-state index contributed by atoms with van der Waals surface area (Å²) in [5.74, 6) is -1.06. The monoisotopic (exact) mass is 322 g/mol. The van der Waals surface area contributed by atoms with Crippen LogP contribution in [0.15, 0.2) is 0 Å². The van der Waals surface area contributed by atoms with Gasteiger partial charge in [0.15, 0.2) is 0 Å². The van der Waals surface area contributed by atoms with Crippen LogP contribution in [0.2, 0.25) is 0 Å². The number of piperidine rings is 1. The lowest BCUT2D eigenvalue weighted by Gasteiger charge is -2.38. The Hall–Kier alpha value is -1.84. The Morgan fingerprint density at radius 1 is 1.36 bits per heavy atom. The van der Waals surface area contributed by atoms with Gasteiger partial charge in [0, 0.05) is 12.6 Å². The van der Waals surface area contributed by atoms with Crippen molar-refractivity contribution in [2.24, 2.45) is 0 Å².